The normalized spacial score (nSPS) is 10.8. The van der Waals surface area contributed by atoms with Gasteiger partial charge in [-0.3, -0.25) is 9.48 Å². The van der Waals surface area contributed by atoms with Gasteiger partial charge in [-0.1, -0.05) is 23.7 Å². The Labute approximate surface area is 188 Å². The lowest BCUT2D eigenvalue weighted by molar-refractivity contribution is 0.0916. The fourth-order valence-corrected chi connectivity index (χ4v) is 3.30. The average Bonchev–Trinajstić information content (AvgIpc) is 3.43. The Morgan fingerprint density at radius 2 is 2.12 bits per heavy atom. The van der Waals surface area contributed by atoms with Crippen molar-refractivity contribution in [2.75, 3.05) is 12.4 Å². The number of methoxy groups -OCH3 is 1. The van der Waals surface area contributed by atoms with E-state index in [1.165, 1.54) is 13.4 Å². The summed E-state index contributed by atoms with van der Waals surface area (Å²) in [6.07, 6.45) is 4.72. The third-order valence-electron chi connectivity index (χ3n) is 4.67. The first-order chi connectivity index (χ1) is 15.5. The molecule has 0 saturated heterocycles. The molecule has 11 heteroatoms. The molecule has 2 N–H and O–H groups in total. The number of anilines is 2. The molecule has 10 nitrogen and oxygen atoms in total. The summed E-state index contributed by atoms with van der Waals surface area (Å²) in [7, 11) is 3.33. The Balaban J connectivity index is 1.50. The van der Waals surface area contributed by atoms with E-state index in [0.29, 0.717) is 28.1 Å². The van der Waals surface area contributed by atoms with Crippen LogP contribution >= 0.6 is 11.6 Å². The molecule has 0 spiro atoms. The Kier molecular flexibility index (Phi) is 6.04. The molecule has 0 bridgehead atoms. The lowest BCUT2D eigenvalue weighted by Gasteiger charge is -2.10. The van der Waals surface area contributed by atoms with E-state index in [1.54, 1.807) is 42.3 Å². The summed E-state index contributed by atoms with van der Waals surface area (Å²) in [5, 5.41) is 10.4. The van der Waals surface area contributed by atoms with E-state index in [0.717, 1.165) is 16.9 Å². The number of halogens is 1. The smallest absolute Gasteiger partial charge is 0.307 e. The Hall–Kier alpha value is -3.92. The highest BCUT2D eigenvalue weighted by molar-refractivity contribution is 6.32. The SMILES string of the molecule is COc1c(Cl)cccc1CNC(=O)c1nc(-c2nc(Nc3ccnn3C)ncc2C)co1. The monoisotopic (exact) mass is 453 g/mol. The number of nitrogens with zero attached hydrogens (tertiary/aromatic N) is 5. The second-order valence-corrected chi connectivity index (χ2v) is 7.25. The van der Waals surface area contributed by atoms with Crippen LogP contribution in [0.25, 0.3) is 11.4 Å². The number of carbonyl (C=O) groups is 1. The summed E-state index contributed by atoms with van der Waals surface area (Å²) in [5.74, 6) is 1.05. The number of benzene rings is 1. The van der Waals surface area contributed by atoms with Gasteiger partial charge in [0.1, 0.15) is 29.2 Å². The Bertz CT molecular complexity index is 1270. The van der Waals surface area contributed by atoms with Gasteiger partial charge in [0.05, 0.1) is 18.3 Å². The first kappa shape index (κ1) is 21.3. The van der Waals surface area contributed by atoms with Crippen LogP contribution in [0, 0.1) is 6.92 Å². The second-order valence-electron chi connectivity index (χ2n) is 6.84. The molecule has 0 aliphatic heterocycles. The fourth-order valence-electron chi connectivity index (χ4n) is 3.03. The van der Waals surface area contributed by atoms with Gasteiger partial charge >= 0.3 is 5.91 Å². The fraction of sp³-hybridized carbons (Fsp3) is 0.190. The number of oxazole rings is 1. The predicted molar refractivity (Wildman–Crippen MR) is 118 cm³/mol. The van der Waals surface area contributed by atoms with Gasteiger partial charge in [0.15, 0.2) is 0 Å². The minimum absolute atomic E-state index is 0.0832. The lowest BCUT2D eigenvalue weighted by Crippen LogP contribution is -2.23. The van der Waals surface area contributed by atoms with Gasteiger partial charge in [-0.15, -0.1) is 0 Å². The minimum atomic E-state index is -0.474. The number of nitrogens with one attached hydrogen (secondary N) is 2. The van der Waals surface area contributed by atoms with E-state index in [4.69, 9.17) is 20.8 Å². The van der Waals surface area contributed by atoms with Crippen molar-refractivity contribution in [3.8, 4) is 17.1 Å². The molecule has 32 heavy (non-hydrogen) atoms. The van der Waals surface area contributed by atoms with Crippen LogP contribution in [0.1, 0.15) is 21.8 Å². The summed E-state index contributed by atoms with van der Waals surface area (Å²) >= 11 is 6.12. The molecule has 0 unspecified atom stereocenters. The van der Waals surface area contributed by atoms with Crippen molar-refractivity contribution in [1.82, 2.24) is 30.0 Å². The van der Waals surface area contributed by atoms with Crippen molar-refractivity contribution in [3.05, 3.63) is 65.0 Å². The Morgan fingerprint density at radius 3 is 2.88 bits per heavy atom. The number of para-hydroxylation sites is 1. The molecule has 0 aliphatic rings. The van der Waals surface area contributed by atoms with Crippen LogP contribution in [0.2, 0.25) is 5.02 Å². The molecule has 0 fully saturated rings. The van der Waals surface area contributed by atoms with E-state index < -0.39 is 5.91 Å². The molecule has 164 valence electrons. The summed E-state index contributed by atoms with van der Waals surface area (Å²) in [5.41, 5.74) is 2.48. The predicted octanol–water partition coefficient (Wildman–Crippen LogP) is 3.51. The zero-order chi connectivity index (χ0) is 22.7. The number of ether oxygens (including phenoxy) is 1. The average molecular weight is 454 g/mol. The van der Waals surface area contributed by atoms with E-state index in [-0.39, 0.29) is 12.4 Å². The van der Waals surface area contributed by atoms with Crippen LogP contribution in [0.5, 0.6) is 5.75 Å². The first-order valence-electron chi connectivity index (χ1n) is 9.60. The second kappa shape index (κ2) is 9.06. The maximum Gasteiger partial charge on any atom is 0.307 e. The van der Waals surface area contributed by atoms with Crippen molar-refractivity contribution in [2.24, 2.45) is 7.05 Å². The number of hydrogen-bond acceptors (Lipinski definition) is 8. The van der Waals surface area contributed by atoms with Gasteiger partial charge < -0.3 is 19.8 Å². The van der Waals surface area contributed by atoms with Crippen LogP contribution in [-0.2, 0) is 13.6 Å². The number of amides is 1. The van der Waals surface area contributed by atoms with Gasteiger partial charge in [0, 0.05) is 31.4 Å². The number of carbonyl (C=O) groups excluding carboxylic acids is 1. The van der Waals surface area contributed by atoms with Crippen molar-refractivity contribution in [1.29, 1.82) is 0 Å². The van der Waals surface area contributed by atoms with E-state index in [2.05, 4.69) is 30.7 Å². The van der Waals surface area contributed by atoms with Gasteiger partial charge in [-0.2, -0.15) is 5.10 Å². The molecule has 3 aromatic heterocycles. The molecule has 3 heterocycles. The van der Waals surface area contributed by atoms with Crippen LogP contribution in [0.3, 0.4) is 0 Å². The van der Waals surface area contributed by atoms with Crippen molar-refractivity contribution >= 4 is 29.3 Å². The summed E-state index contributed by atoms with van der Waals surface area (Å²) < 4.78 is 12.4. The first-order valence-corrected chi connectivity index (χ1v) is 9.98. The van der Waals surface area contributed by atoms with Crippen molar-refractivity contribution < 1.29 is 13.9 Å². The highest BCUT2D eigenvalue weighted by Gasteiger charge is 2.18. The van der Waals surface area contributed by atoms with Crippen LogP contribution in [0.4, 0.5) is 11.8 Å². The number of rotatable bonds is 7. The zero-order valence-electron chi connectivity index (χ0n) is 17.6. The third-order valence-corrected chi connectivity index (χ3v) is 4.96. The highest BCUT2D eigenvalue weighted by Crippen LogP contribution is 2.28. The molecular weight excluding hydrogens is 434 g/mol. The summed E-state index contributed by atoms with van der Waals surface area (Å²) in [6, 6.07) is 7.11. The molecule has 0 atom stereocenters. The number of aromatic nitrogens is 5. The van der Waals surface area contributed by atoms with Crippen molar-refractivity contribution in [3.63, 3.8) is 0 Å². The van der Waals surface area contributed by atoms with E-state index in [1.807, 2.05) is 13.0 Å². The van der Waals surface area contributed by atoms with Gasteiger partial charge in [0.25, 0.3) is 5.89 Å². The van der Waals surface area contributed by atoms with E-state index >= 15 is 0 Å². The van der Waals surface area contributed by atoms with Crippen LogP contribution in [-0.4, -0.2) is 37.7 Å². The molecule has 0 aliphatic carbocycles. The largest absolute Gasteiger partial charge is 0.495 e. The molecule has 1 amide bonds. The third kappa shape index (κ3) is 4.40. The maximum absolute atomic E-state index is 12.6. The Morgan fingerprint density at radius 1 is 1.28 bits per heavy atom. The summed E-state index contributed by atoms with van der Waals surface area (Å²) in [4.78, 5) is 25.6. The lowest BCUT2D eigenvalue weighted by atomic mass is 10.2. The van der Waals surface area contributed by atoms with Crippen LogP contribution < -0.4 is 15.4 Å². The quantitative estimate of drug-likeness (QED) is 0.436. The molecular formula is C21H20ClN7O3. The minimum Gasteiger partial charge on any atom is -0.495 e. The van der Waals surface area contributed by atoms with Gasteiger partial charge in [0.2, 0.25) is 5.95 Å². The molecule has 0 saturated carbocycles. The standard InChI is InChI=1S/C21H20ClN7O3/c1-12-9-24-21(27-16-7-8-25-29(16)2)28-17(12)15-11-32-20(26-15)19(30)23-10-13-5-4-6-14(22)18(13)31-3/h4-9,11H,10H2,1-3H3,(H,23,30)(H,24,27,28). The number of aryl methyl sites for hydroxylation is 2. The molecule has 4 rings (SSSR count). The van der Waals surface area contributed by atoms with Gasteiger partial charge in [-0.25, -0.2) is 15.0 Å². The topological polar surface area (TPSA) is 120 Å². The highest BCUT2D eigenvalue weighted by atomic mass is 35.5. The zero-order valence-corrected chi connectivity index (χ0v) is 18.3. The molecule has 4 aromatic rings. The molecule has 0 radical (unpaired) electrons. The van der Waals surface area contributed by atoms with Crippen molar-refractivity contribution in [2.45, 2.75) is 13.5 Å². The molecule has 1 aromatic carbocycles. The summed E-state index contributed by atoms with van der Waals surface area (Å²) in [6.45, 7) is 2.05. The van der Waals surface area contributed by atoms with E-state index in [9.17, 15) is 4.79 Å². The van der Waals surface area contributed by atoms with Crippen LogP contribution in [0.15, 0.2) is 47.3 Å². The number of hydrogen-bond donors (Lipinski definition) is 2. The van der Waals surface area contributed by atoms with Gasteiger partial charge in [-0.05, 0) is 18.6 Å². The maximum atomic E-state index is 12.6.